The van der Waals surface area contributed by atoms with Crippen LogP contribution < -0.4 is 10.3 Å². The molecule has 1 N–H and O–H groups in total. The number of hydrogen-bond acceptors (Lipinski definition) is 7. The van der Waals surface area contributed by atoms with E-state index in [1.165, 1.54) is 18.3 Å². The fourth-order valence-corrected chi connectivity index (χ4v) is 3.30. The number of aromatic nitrogens is 4. The number of hydrogen-bond donors (Lipinski definition) is 1. The Morgan fingerprint density at radius 2 is 2.03 bits per heavy atom. The van der Waals surface area contributed by atoms with Crippen LogP contribution in [-0.2, 0) is 17.5 Å². The Hall–Kier alpha value is -4.31. The van der Waals surface area contributed by atoms with Crippen molar-refractivity contribution in [3.8, 4) is 17.6 Å². The molecule has 0 bridgehead atoms. The molecule has 172 valence electrons. The maximum absolute atomic E-state index is 13.5. The van der Waals surface area contributed by atoms with Crippen LogP contribution >= 0.6 is 11.6 Å². The minimum absolute atomic E-state index is 0.0163. The van der Waals surface area contributed by atoms with Crippen LogP contribution in [-0.4, -0.2) is 25.7 Å². The van der Waals surface area contributed by atoms with E-state index in [1.54, 1.807) is 12.1 Å². The minimum atomic E-state index is -5.01. The summed E-state index contributed by atoms with van der Waals surface area (Å²) in [6.45, 7) is -0.346. The molecule has 34 heavy (non-hydrogen) atoms. The number of ether oxygens (including phenoxy) is 1. The number of carbonyl (C=O) groups excluding carboxylic acids is 1. The highest BCUT2D eigenvalue weighted by Gasteiger charge is 2.39. The molecule has 10 nitrogen and oxygen atoms in total. The molecule has 1 atom stereocenters. The maximum Gasteiger partial charge on any atom is 0.437 e. The second-order valence-corrected chi connectivity index (χ2v) is 7.36. The summed E-state index contributed by atoms with van der Waals surface area (Å²) in [7, 11) is 0. The van der Waals surface area contributed by atoms with Crippen LogP contribution in [0.5, 0.6) is 11.5 Å². The second-order valence-electron chi connectivity index (χ2n) is 6.93. The Morgan fingerprint density at radius 3 is 2.71 bits per heavy atom. The number of amides is 1. The molecule has 0 aliphatic carbocycles. The van der Waals surface area contributed by atoms with E-state index in [4.69, 9.17) is 21.6 Å². The van der Waals surface area contributed by atoms with Crippen molar-refractivity contribution < 1.29 is 22.7 Å². The van der Waals surface area contributed by atoms with E-state index >= 15 is 0 Å². The van der Waals surface area contributed by atoms with Crippen molar-refractivity contribution in [3.05, 3.63) is 80.9 Å². The molecule has 0 fully saturated rings. The van der Waals surface area contributed by atoms with Crippen LogP contribution in [0, 0.1) is 11.3 Å². The van der Waals surface area contributed by atoms with E-state index in [0.717, 1.165) is 16.7 Å². The van der Waals surface area contributed by atoms with Gasteiger partial charge in [-0.15, -0.1) is 5.11 Å². The SMILES string of the molecule is N#Cc1cc(Cl)cc(Oc2c(C(F)(F)F)ncn(CC3=CC(c4ccn[nH]4)C(=O)N=N3)c2=O)c1. The van der Waals surface area contributed by atoms with Crippen molar-refractivity contribution in [2.24, 2.45) is 10.2 Å². The van der Waals surface area contributed by atoms with Crippen molar-refractivity contribution >= 4 is 17.5 Å². The van der Waals surface area contributed by atoms with Crippen molar-refractivity contribution in [2.45, 2.75) is 18.6 Å². The molecule has 3 heterocycles. The first-order valence-electron chi connectivity index (χ1n) is 9.36. The lowest BCUT2D eigenvalue weighted by molar-refractivity contribution is -0.142. The van der Waals surface area contributed by atoms with Gasteiger partial charge < -0.3 is 4.74 Å². The lowest BCUT2D eigenvalue weighted by Gasteiger charge is -2.16. The summed E-state index contributed by atoms with van der Waals surface area (Å²) in [5.41, 5.74) is -2.16. The zero-order valence-electron chi connectivity index (χ0n) is 16.7. The molecule has 1 aliphatic heterocycles. The second kappa shape index (κ2) is 8.91. The first kappa shape index (κ1) is 22.9. The molecule has 0 saturated carbocycles. The van der Waals surface area contributed by atoms with Gasteiger partial charge in [0.15, 0.2) is 5.69 Å². The van der Waals surface area contributed by atoms with Crippen LogP contribution in [0.4, 0.5) is 13.2 Å². The molecule has 3 aromatic rings. The zero-order valence-corrected chi connectivity index (χ0v) is 17.5. The fraction of sp³-hybridized carbons (Fsp3) is 0.150. The number of azo groups is 1. The summed E-state index contributed by atoms with van der Waals surface area (Å²) < 4.78 is 46.7. The van der Waals surface area contributed by atoms with Gasteiger partial charge in [-0.25, -0.2) is 4.98 Å². The van der Waals surface area contributed by atoms with E-state index in [0.29, 0.717) is 12.0 Å². The first-order chi connectivity index (χ1) is 16.2. The highest BCUT2D eigenvalue weighted by Crippen LogP contribution is 2.35. The Kier molecular flexibility index (Phi) is 5.99. The lowest BCUT2D eigenvalue weighted by Crippen LogP contribution is -2.27. The quantitative estimate of drug-likeness (QED) is 0.575. The molecule has 0 saturated heterocycles. The van der Waals surface area contributed by atoms with Crippen molar-refractivity contribution in [1.29, 1.82) is 5.26 Å². The van der Waals surface area contributed by atoms with E-state index in [-0.39, 0.29) is 28.6 Å². The van der Waals surface area contributed by atoms with E-state index < -0.39 is 35.0 Å². The number of alkyl halides is 3. The number of H-pyrrole nitrogens is 1. The average Bonchev–Trinajstić information content (AvgIpc) is 3.31. The van der Waals surface area contributed by atoms with E-state index in [9.17, 15) is 22.8 Å². The van der Waals surface area contributed by atoms with Gasteiger partial charge in [0.1, 0.15) is 11.7 Å². The van der Waals surface area contributed by atoms with Crippen molar-refractivity contribution in [3.63, 3.8) is 0 Å². The summed E-state index contributed by atoms with van der Waals surface area (Å²) in [4.78, 5) is 28.3. The minimum Gasteiger partial charge on any atom is -0.449 e. The predicted molar refractivity (Wildman–Crippen MR) is 109 cm³/mol. The van der Waals surface area contributed by atoms with Crippen LogP contribution in [0.1, 0.15) is 22.9 Å². The summed E-state index contributed by atoms with van der Waals surface area (Å²) in [6, 6.07) is 6.89. The third kappa shape index (κ3) is 4.71. The number of halogens is 4. The van der Waals surface area contributed by atoms with Gasteiger partial charge in [-0.2, -0.15) is 28.6 Å². The largest absolute Gasteiger partial charge is 0.449 e. The maximum atomic E-state index is 13.5. The van der Waals surface area contributed by atoms with Gasteiger partial charge in [-0.05, 0) is 30.3 Å². The predicted octanol–water partition coefficient (Wildman–Crippen LogP) is 3.96. The van der Waals surface area contributed by atoms with Gasteiger partial charge in [0.05, 0.1) is 35.9 Å². The number of benzene rings is 1. The van der Waals surface area contributed by atoms with Gasteiger partial charge in [0.25, 0.3) is 11.5 Å². The standard InChI is InChI=1S/C20H11ClF3N7O3/c21-11-3-10(7-25)4-13(5-11)34-16-17(20(22,23)24)26-9-31(19(16)33)8-12-6-14(18(32)30-28-12)15-1-2-27-29-15/h1-6,9,14H,8H2,(H,27,29). The third-order valence-corrected chi connectivity index (χ3v) is 4.80. The Morgan fingerprint density at radius 1 is 1.24 bits per heavy atom. The van der Waals surface area contributed by atoms with Crippen LogP contribution in [0.2, 0.25) is 5.02 Å². The highest BCUT2D eigenvalue weighted by atomic mass is 35.5. The van der Waals surface area contributed by atoms with Crippen molar-refractivity contribution in [2.75, 3.05) is 0 Å². The molecular weight excluding hydrogens is 479 g/mol. The van der Waals surface area contributed by atoms with Crippen LogP contribution in [0.25, 0.3) is 0 Å². The summed E-state index contributed by atoms with van der Waals surface area (Å²) >= 11 is 5.88. The number of rotatable bonds is 5. The molecular formula is C20H11ClF3N7O3. The molecule has 1 aromatic carbocycles. The molecule has 0 spiro atoms. The highest BCUT2D eigenvalue weighted by molar-refractivity contribution is 6.30. The van der Waals surface area contributed by atoms with Crippen molar-refractivity contribution in [1.82, 2.24) is 19.7 Å². The molecule has 1 aliphatic rings. The smallest absolute Gasteiger partial charge is 0.437 e. The molecule has 14 heteroatoms. The molecule has 2 aromatic heterocycles. The lowest BCUT2D eigenvalue weighted by atomic mass is 10.0. The summed E-state index contributed by atoms with van der Waals surface area (Å²) in [5, 5.41) is 22.7. The van der Waals surface area contributed by atoms with Gasteiger partial charge >= 0.3 is 6.18 Å². The summed E-state index contributed by atoms with van der Waals surface area (Å²) in [6.07, 6.45) is -1.48. The van der Waals surface area contributed by atoms with Gasteiger partial charge in [0, 0.05) is 11.2 Å². The molecule has 4 rings (SSSR count). The topological polar surface area (TPSA) is 138 Å². The molecule has 1 unspecified atom stereocenters. The molecule has 0 radical (unpaired) electrons. The third-order valence-electron chi connectivity index (χ3n) is 4.58. The number of nitriles is 1. The van der Waals surface area contributed by atoms with Gasteiger partial charge in [-0.1, -0.05) is 11.6 Å². The number of aromatic amines is 1. The Bertz CT molecular complexity index is 1420. The van der Waals surface area contributed by atoms with Gasteiger partial charge in [-0.3, -0.25) is 19.3 Å². The van der Waals surface area contributed by atoms with E-state index in [2.05, 4.69) is 25.4 Å². The Labute approximate surface area is 193 Å². The average molecular weight is 490 g/mol. The van der Waals surface area contributed by atoms with Crippen LogP contribution in [0.3, 0.4) is 0 Å². The number of allylic oxidation sites excluding steroid dienone is 1. The molecule has 1 amide bonds. The van der Waals surface area contributed by atoms with E-state index in [1.807, 2.05) is 0 Å². The number of nitrogens with one attached hydrogen (secondary N) is 1. The summed E-state index contributed by atoms with van der Waals surface area (Å²) in [5.74, 6) is -2.80. The van der Waals surface area contributed by atoms with Gasteiger partial charge in [0.2, 0.25) is 5.75 Å². The number of nitrogens with zero attached hydrogens (tertiary/aromatic N) is 6. The number of carbonyl (C=O) groups is 1. The Balaban J connectivity index is 1.73. The normalized spacial score (nSPS) is 15.7. The fourth-order valence-electron chi connectivity index (χ4n) is 3.08. The first-order valence-corrected chi connectivity index (χ1v) is 9.74. The van der Waals surface area contributed by atoms with Crippen LogP contribution in [0.15, 0.2) is 63.6 Å². The zero-order chi connectivity index (χ0) is 24.5. The monoisotopic (exact) mass is 489 g/mol.